The van der Waals surface area contributed by atoms with Gasteiger partial charge in [0.25, 0.3) is 0 Å². The summed E-state index contributed by atoms with van der Waals surface area (Å²) < 4.78 is 7.95. The molecule has 1 saturated carbocycles. The quantitative estimate of drug-likeness (QED) is 0.821. The lowest BCUT2D eigenvalue weighted by Gasteiger charge is -2.32. The van der Waals surface area contributed by atoms with Crippen LogP contribution in [0.4, 0.5) is 0 Å². The van der Waals surface area contributed by atoms with Crippen molar-refractivity contribution in [3.63, 3.8) is 0 Å². The van der Waals surface area contributed by atoms with Crippen LogP contribution < -0.4 is 5.69 Å². The van der Waals surface area contributed by atoms with Crippen LogP contribution in [0.5, 0.6) is 0 Å². The highest BCUT2D eigenvalue weighted by atomic mass is 16.5. The van der Waals surface area contributed by atoms with Crippen LogP contribution in [0.2, 0.25) is 0 Å². The zero-order chi connectivity index (χ0) is 17.2. The average Bonchev–Trinajstić information content (AvgIpc) is 2.97. The predicted molar refractivity (Wildman–Crippen MR) is 100 cm³/mol. The molecule has 136 valence electrons. The van der Waals surface area contributed by atoms with Gasteiger partial charge in [-0.2, -0.15) is 0 Å². The smallest absolute Gasteiger partial charge is 0.326 e. The molecular weight excluding hydrogens is 314 g/mol. The van der Waals surface area contributed by atoms with Crippen molar-refractivity contribution in [3.8, 4) is 0 Å². The maximum atomic E-state index is 12.2. The molecule has 5 nitrogen and oxygen atoms in total. The van der Waals surface area contributed by atoms with Crippen LogP contribution in [-0.4, -0.2) is 46.8 Å². The third-order valence-electron chi connectivity index (χ3n) is 5.91. The van der Waals surface area contributed by atoms with Gasteiger partial charge in [-0.15, -0.1) is 0 Å². The minimum absolute atomic E-state index is 0.0150. The molecule has 4 rings (SSSR count). The average molecular weight is 343 g/mol. The van der Waals surface area contributed by atoms with E-state index in [-0.39, 0.29) is 5.69 Å². The number of likely N-dealkylation sites (N-methyl/N-ethyl adjacent to an activating group) is 1. The Hall–Kier alpha value is -1.59. The third kappa shape index (κ3) is 3.53. The molecule has 2 heterocycles. The Kier molecular flexibility index (Phi) is 4.95. The molecule has 0 radical (unpaired) electrons. The maximum absolute atomic E-state index is 12.2. The lowest BCUT2D eigenvalue weighted by atomic mass is 9.98. The topological polar surface area (TPSA) is 50.3 Å². The van der Waals surface area contributed by atoms with Gasteiger partial charge < -0.3 is 14.6 Å². The van der Waals surface area contributed by atoms with Crippen LogP contribution in [0.3, 0.4) is 0 Å². The number of rotatable bonds is 6. The summed E-state index contributed by atoms with van der Waals surface area (Å²) in [6.07, 6.45) is 9.06. The summed E-state index contributed by atoms with van der Waals surface area (Å²) in [7, 11) is 2.17. The Labute approximate surface area is 149 Å². The van der Waals surface area contributed by atoms with E-state index in [1.54, 1.807) is 0 Å². The number of para-hydroxylation sites is 1. The minimum atomic E-state index is 0.0150. The van der Waals surface area contributed by atoms with Crippen molar-refractivity contribution in [2.45, 2.75) is 63.6 Å². The summed E-state index contributed by atoms with van der Waals surface area (Å²) in [6, 6.07) is 6.56. The number of aromatic nitrogens is 2. The Morgan fingerprint density at radius 3 is 2.96 bits per heavy atom. The van der Waals surface area contributed by atoms with Gasteiger partial charge in [-0.1, -0.05) is 31.4 Å². The molecule has 1 aromatic carbocycles. The summed E-state index contributed by atoms with van der Waals surface area (Å²) >= 11 is 0. The number of nitrogens with one attached hydrogen (secondary N) is 1. The SMILES string of the molecule is CN(CCCOC1CCCCC1)[C@@H]1Cc2cccc3[nH]c(=O)n(c23)C1. The number of imidazole rings is 1. The second-order valence-corrected chi connectivity index (χ2v) is 7.68. The molecule has 1 aliphatic heterocycles. The van der Waals surface area contributed by atoms with Gasteiger partial charge in [-0.05, 0) is 44.4 Å². The Morgan fingerprint density at radius 2 is 2.12 bits per heavy atom. The second-order valence-electron chi connectivity index (χ2n) is 7.68. The van der Waals surface area contributed by atoms with Crippen molar-refractivity contribution in [1.29, 1.82) is 0 Å². The van der Waals surface area contributed by atoms with E-state index in [0.717, 1.165) is 43.6 Å². The number of ether oxygens (including phenoxy) is 1. The van der Waals surface area contributed by atoms with Crippen molar-refractivity contribution < 1.29 is 4.74 Å². The molecule has 0 unspecified atom stereocenters. The maximum Gasteiger partial charge on any atom is 0.326 e. The molecule has 1 aliphatic carbocycles. The van der Waals surface area contributed by atoms with Crippen LogP contribution >= 0.6 is 0 Å². The molecule has 0 bridgehead atoms. The zero-order valence-electron chi connectivity index (χ0n) is 15.2. The van der Waals surface area contributed by atoms with E-state index in [1.807, 2.05) is 16.7 Å². The molecule has 1 fully saturated rings. The molecule has 2 aliphatic rings. The van der Waals surface area contributed by atoms with Gasteiger partial charge >= 0.3 is 5.69 Å². The fraction of sp³-hybridized carbons (Fsp3) is 0.650. The predicted octanol–water partition coefficient (Wildman–Crippen LogP) is 2.93. The van der Waals surface area contributed by atoms with Crippen molar-refractivity contribution in [2.24, 2.45) is 0 Å². The van der Waals surface area contributed by atoms with Crippen molar-refractivity contribution in [2.75, 3.05) is 20.2 Å². The minimum Gasteiger partial charge on any atom is -0.378 e. The molecule has 0 spiro atoms. The number of nitrogens with zero attached hydrogens (tertiary/aromatic N) is 2. The lowest BCUT2D eigenvalue weighted by Crippen LogP contribution is -2.42. The number of hydrogen-bond donors (Lipinski definition) is 1. The van der Waals surface area contributed by atoms with Crippen LogP contribution in [0.1, 0.15) is 44.1 Å². The first-order valence-electron chi connectivity index (χ1n) is 9.74. The van der Waals surface area contributed by atoms with Crippen LogP contribution in [0.25, 0.3) is 11.0 Å². The zero-order valence-corrected chi connectivity index (χ0v) is 15.2. The number of hydrogen-bond acceptors (Lipinski definition) is 3. The fourth-order valence-corrected chi connectivity index (χ4v) is 4.44. The van der Waals surface area contributed by atoms with E-state index in [4.69, 9.17) is 4.74 Å². The number of H-pyrrole nitrogens is 1. The lowest BCUT2D eigenvalue weighted by molar-refractivity contribution is 0.0226. The molecule has 1 aromatic heterocycles. The van der Waals surface area contributed by atoms with E-state index >= 15 is 0 Å². The van der Waals surface area contributed by atoms with Crippen molar-refractivity contribution in [1.82, 2.24) is 14.5 Å². The van der Waals surface area contributed by atoms with E-state index in [0.29, 0.717) is 12.1 Å². The first-order valence-corrected chi connectivity index (χ1v) is 9.74. The molecule has 25 heavy (non-hydrogen) atoms. The van der Waals surface area contributed by atoms with Crippen LogP contribution in [0.15, 0.2) is 23.0 Å². The van der Waals surface area contributed by atoms with E-state index in [2.05, 4.69) is 23.0 Å². The highest BCUT2D eigenvalue weighted by molar-refractivity contribution is 5.79. The molecule has 1 atom stereocenters. The Morgan fingerprint density at radius 1 is 1.28 bits per heavy atom. The van der Waals surface area contributed by atoms with Gasteiger partial charge in [0.05, 0.1) is 17.1 Å². The van der Waals surface area contributed by atoms with E-state index in [9.17, 15) is 4.79 Å². The Bertz CT molecular complexity index is 773. The molecular formula is C20H29N3O2. The second kappa shape index (κ2) is 7.34. The Balaban J connectivity index is 1.32. The van der Waals surface area contributed by atoms with Gasteiger partial charge in [-0.3, -0.25) is 4.57 Å². The highest BCUT2D eigenvalue weighted by Crippen LogP contribution is 2.25. The van der Waals surface area contributed by atoms with Gasteiger partial charge in [0.15, 0.2) is 0 Å². The third-order valence-corrected chi connectivity index (χ3v) is 5.91. The molecule has 5 heteroatoms. The van der Waals surface area contributed by atoms with E-state index in [1.165, 1.54) is 37.7 Å². The number of benzene rings is 1. The number of aromatic amines is 1. The highest BCUT2D eigenvalue weighted by Gasteiger charge is 2.25. The first kappa shape index (κ1) is 16.9. The summed E-state index contributed by atoms with van der Waals surface area (Å²) in [6.45, 7) is 2.64. The molecule has 0 amide bonds. The summed E-state index contributed by atoms with van der Waals surface area (Å²) in [5.74, 6) is 0. The summed E-state index contributed by atoms with van der Waals surface area (Å²) in [4.78, 5) is 17.6. The monoisotopic (exact) mass is 343 g/mol. The van der Waals surface area contributed by atoms with Crippen molar-refractivity contribution in [3.05, 3.63) is 34.2 Å². The summed E-state index contributed by atoms with van der Waals surface area (Å²) in [5, 5.41) is 0. The molecule has 2 aromatic rings. The van der Waals surface area contributed by atoms with E-state index < -0.39 is 0 Å². The van der Waals surface area contributed by atoms with Gasteiger partial charge in [0, 0.05) is 25.7 Å². The van der Waals surface area contributed by atoms with Crippen molar-refractivity contribution >= 4 is 11.0 Å². The standard InChI is InChI=1S/C20H29N3O2/c1-22(11-6-12-25-17-8-3-2-4-9-17)16-13-15-7-5-10-18-19(15)23(14-16)20(24)21-18/h5,7,10,16-17H,2-4,6,8-9,11-14H2,1H3,(H,21,24)/t16-/m1/s1. The van der Waals surface area contributed by atoms with Gasteiger partial charge in [-0.25, -0.2) is 4.79 Å². The van der Waals surface area contributed by atoms with Gasteiger partial charge in [0.2, 0.25) is 0 Å². The van der Waals surface area contributed by atoms with Crippen LogP contribution in [0, 0.1) is 0 Å². The normalized spacial score (nSPS) is 21.3. The summed E-state index contributed by atoms with van der Waals surface area (Å²) in [5.41, 5.74) is 3.35. The molecule has 1 N–H and O–H groups in total. The van der Waals surface area contributed by atoms with Gasteiger partial charge in [0.1, 0.15) is 0 Å². The largest absolute Gasteiger partial charge is 0.378 e. The molecule has 0 saturated heterocycles. The fourth-order valence-electron chi connectivity index (χ4n) is 4.44. The van der Waals surface area contributed by atoms with Crippen LogP contribution in [-0.2, 0) is 17.7 Å². The first-order chi connectivity index (χ1) is 12.2.